The molecular formula is C12H14ClNO. The first-order valence-electron chi connectivity index (χ1n) is 5.08. The van der Waals surface area contributed by atoms with E-state index in [0.29, 0.717) is 5.92 Å². The molecule has 80 valence electrons. The Morgan fingerprint density at radius 3 is 2.93 bits per heavy atom. The van der Waals surface area contributed by atoms with Gasteiger partial charge in [0.2, 0.25) is 0 Å². The van der Waals surface area contributed by atoms with Crippen LogP contribution in [0.5, 0.6) is 0 Å². The zero-order chi connectivity index (χ0) is 10.8. The van der Waals surface area contributed by atoms with Crippen molar-refractivity contribution in [2.75, 3.05) is 7.11 Å². The second-order valence-electron chi connectivity index (χ2n) is 3.85. The summed E-state index contributed by atoms with van der Waals surface area (Å²) in [6.07, 6.45) is 5.99. The van der Waals surface area contributed by atoms with Gasteiger partial charge in [-0.25, -0.2) is 0 Å². The molecule has 0 radical (unpaired) electrons. The molecule has 0 aliphatic heterocycles. The van der Waals surface area contributed by atoms with Crippen molar-refractivity contribution in [2.24, 2.45) is 5.92 Å². The van der Waals surface area contributed by atoms with Gasteiger partial charge in [0.15, 0.2) is 0 Å². The number of aromatic nitrogens is 1. The Bertz CT molecular complexity index is 397. The molecule has 1 heterocycles. The first-order chi connectivity index (χ1) is 7.24. The van der Waals surface area contributed by atoms with Gasteiger partial charge in [-0.3, -0.25) is 4.98 Å². The number of pyridine rings is 1. The predicted molar refractivity (Wildman–Crippen MR) is 61.7 cm³/mol. The minimum atomic E-state index is 0.606. The average molecular weight is 224 g/mol. The summed E-state index contributed by atoms with van der Waals surface area (Å²) in [5.41, 5.74) is 3.19. The number of hydrogen-bond donors (Lipinski definition) is 0. The largest absolute Gasteiger partial charge is 0.504 e. The van der Waals surface area contributed by atoms with Crippen LogP contribution in [0.4, 0.5) is 0 Å². The first kappa shape index (κ1) is 10.5. The molecule has 0 saturated heterocycles. The molecule has 1 aromatic heterocycles. The van der Waals surface area contributed by atoms with Crippen molar-refractivity contribution < 1.29 is 4.74 Å². The number of allylic oxidation sites excluding steroid dienone is 1. The Hall–Kier alpha value is -1.02. The third kappa shape index (κ3) is 2.15. The zero-order valence-electron chi connectivity index (χ0n) is 8.96. The summed E-state index contributed by atoms with van der Waals surface area (Å²) >= 11 is 6.08. The van der Waals surface area contributed by atoms with Gasteiger partial charge in [0.25, 0.3) is 0 Å². The fourth-order valence-electron chi connectivity index (χ4n) is 1.67. The molecule has 1 aliphatic rings. The normalized spacial score (nSPS) is 16.6. The van der Waals surface area contributed by atoms with Crippen LogP contribution in [0.25, 0.3) is 5.57 Å². The summed E-state index contributed by atoms with van der Waals surface area (Å²) < 4.78 is 5.11. The van der Waals surface area contributed by atoms with E-state index in [9.17, 15) is 0 Å². The molecule has 0 N–H and O–H groups in total. The fourth-order valence-corrected chi connectivity index (χ4v) is 1.82. The van der Waals surface area contributed by atoms with Gasteiger partial charge >= 0.3 is 0 Å². The smallest absolute Gasteiger partial charge is 0.0881 e. The Labute approximate surface area is 94.9 Å². The van der Waals surface area contributed by atoms with E-state index in [1.807, 2.05) is 13.0 Å². The lowest BCUT2D eigenvalue weighted by Gasteiger charge is -2.09. The molecule has 0 bridgehead atoms. The molecule has 0 amide bonds. The molecule has 1 aliphatic carbocycles. The van der Waals surface area contributed by atoms with E-state index < -0.39 is 0 Å². The molecule has 2 rings (SSSR count). The molecule has 0 atom stereocenters. The second-order valence-corrected chi connectivity index (χ2v) is 4.26. The summed E-state index contributed by atoms with van der Waals surface area (Å²) in [5, 5.41) is 0.766. The number of halogens is 1. The highest BCUT2D eigenvalue weighted by atomic mass is 35.5. The maximum atomic E-state index is 6.08. The van der Waals surface area contributed by atoms with Crippen LogP contribution in [0, 0.1) is 12.8 Å². The van der Waals surface area contributed by atoms with Crippen molar-refractivity contribution in [1.29, 1.82) is 0 Å². The number of rotatable bonds is 3. The van der Waals surface area contributed by atoms with Crippen LogP contribution in [-0.2, 0) is 4.74 Å². The van der Waals surface area contributed by atoms with Crippen LogP contribution in [0.1, 0.15) is 24.1 Å². The molecule has 0 unspecified atom stereocenters. The van der Waals surface area contributed by atoms with E-state index >= 15 is 0 Å². The van der Waals surface area contributed by atoms with Crippen LogP contribution >= 0.6 is 11.6 Å². The maximum absolute atomic E-state index is 6.08. The van der Waals surface area contributed by atoms with Crippen molar-refractivity contribution in [3.05, 3.63) is 34.8 Å². The van der Waals surface area contributed by atoms with Crippen molar-refractivity contribution in [1.82, 2.24) is 4.98 Å². The lowest BCUT2D eigenvalue weighted by molar-refractivity contribution is 0.338. The first-order valence-corrected chi connectivity index (χ1v) is 5.46. The van der Waals surface area contributed by atoms with E-state index in [-0.39, 0.29) is 0 Å². The summed E-state index contributed by atoms with van der Waals surface area (Å²) in [7, 11) is 1.67. The van der Waals surface area contributed by atoms with Crippen LogP contribution in [0.2, 0.25) is 5.02 Å². The third-order valence-electron chi connectivity index (χ3n) is 2.67. The SMILES string of the molecule is CO/C=C(\c1nccc(Cl)c1C)C1CC1. The number of ether oxygens (including phenoxy) is 1. The van der Waals surface area contributed by atoms with E-state index in [1.165, 1.54) is 18.4 Å². The standard InChI is InChI=1S/C12H14ClNO/c1-8-11(13)5-6-14-12(8)10(7-15-2)9-3-4-9/h5-7,9H,3-4H2,1-2H3/b10-7-. The highest BCUT2D eigenvalue weighted by Crippen LogP contribution is 2.42. The fraction of sp³-hybridized carbons (Fsp3) is 0.417. The molecule has 0 aromatic carbocycles. The Balaban J connectivity index is 2.41. The second kappa shape index (κ2) is 4.23. The van der Waals surface area contributed by atoms with Crippen molar-refractivity contribution >= 4 is 17.2 Å². The van der Waals surface area contributed by atoms with Crippen molar-refractivity contribution in [3.63, 3.8) is 0 Å². The topological polar surface area (TPSA) is 22.1 Å². The van der Waals surface area contributed by atoms with Gasteiger partial charge in [-0.2, -0.15) is 0 Å². The monoisotopic (exact) mass is 223 g/mol. The van der Waals surface area contributed by atoms with E-state index in [0.717, 1.165) is 16.3 Å². The van der Waals surface area contributed by atoms with Gasteiger partial charge < -0.3 is 4.74 Å². The lowest BCUT2D eigenvalue weighted by atomic mass is 10.0. The quantitative estimate of drug-likeness (QED) is 0.733. The highest BCUT2D eigenvalue weighted by Gasteiger charge is 2.29. The molecule has 1 aromatic rings. The van der Waals surface area contributed by atoms with Gasteiger partial charge in [0.05, 0.1) is 19.1 Å². The zero-order valence-corrected chi connectivity index (χ0v) is 9.71. The Kier molecular flexibility index (Phi) is 2.96. The molecule has 1 saturated carbocycles. The number of nitrogens with zero attached hydrogens (tertiary/aromatic N) is 1. The van der Waals surface area contributed by atoms with Crippen molar-refractivity contribution in [2.45, 2.75) is 19.8 Å². The summed E-state index contributed by atoms with van der Waals surface area (Å²) in [5.74, 6) is 0.606. The number of methoxy groups -OCH3 is 1. The minimum Gasteiger partial charge on any atom is -0.504 e. The summed E-state index contributed by atoms with van der Waals surface area (Å²) in [6.45, 7) is 2.00. The van der Waals surface area contributed by atoms with Gasteiger partial charge in [-0.15, -0.1) is 0 Å². The molecule has 3 heteroatoms. The molecule has 15 heavy (non-hydrogen) atoms. The predicted octanol–water partition coefficient (Wildman–Crippen LogP) is 3.44. The molecule has 0 spiro atoms. The van der Waals surface area contributed by atoms with Gasteiger partial charge in [0.1, 0.15) is 0 Å². The highest BCUT2D eigenvalue weighted by molar-refractivity contribution is 6.31. The maximum Gasteiger partial charge on any atom is 0.0881 e. The minimum absolute atomic E-state index is 0.606. The van der Waals surface area contributed by atoms with Gasteiger partial charge in [-0.1, -0.05) is 11.6 Å². The van der Waals surface area contributed by atoms with Crippen LogP contribution in [0.15, 0.2) is 18.5 Å². The Morgan fingerprint density at radius 1 is 1.60 bits per heavy atom. The van der Waals surface area contributed by atoms with E-state index in [1.54, 1.807) is 19.6 Å². The van der Waals surface area contributed by atoms with Gasteiger partial charge in [-0.05, 0) is 37.3 Å². The van der Waals surface area contributed by atoms with Gasteiger partial charge in [0, 0.05) is 16.8 Å². The third-order valence-corrected chi connectivity index (χ3v) is 3.08. The number of hydrogen-bond acceptors (Lipinski definition) is 2. The van der Waals surface area contributed by atoms with E-state index in [2.05, 4.69) is 4.98 Å². The Morgan fingerprint density at radius 2 is 2.33 bits per heavy atom. The van der Waals surface area contributed by atoms with E-state index in [4.69, 9.17) is 16.3 Å². The summed E-state index contributed by atoms with van der Waals surface area (Å²) in [4.78, 5) is 4.39. The lowest BCUT2D eigenvalue weighted by Crippen LogP contribution is -1.96. The molecule has 2 nitrogen and oxygen atoms in total. The van der Waals surface area contributed by atoms with Crippen LogP contribution < -0.4 is 0 Å². The average Bonchev–Trinajstić information content (AvgIpc) is 3.03. The van der Waals surface area contributed by atoms with Crippen molar-refractivity contribution in [3.8, 4) is 0 Å². The van der Waals surface area contributed by atoms with Crippen LogP contribution in [0.3, 0.4) is 0 Å². The molecule has 1 fully saturated rings. The van der Waals surface area contributed by atoms with Crippen LogP contribution in [-0.4, -0.2) is 12.1 Å². The molecular weight excluding hydrogens is 210 g/mol. The summed E-state index contributed by atoms with van der Waals surface area (Å²) in [6, 6.07) is 1.82.